The molecular weight excluding hydrogens is 288 g/mol. The van der Waals surface area contributed by atoms with Gasteiger partial charge in [0.2, 0.25) is 0 Å². The Morgan fingerprint density at radius 2 is 2.05 bits per heavy atom. The zero-order valence-corrected chi connectivity index (χ0v) is 12.7. The van der Waals surface area contributed by atoms with Crippen molar-refractivity contribution < 1.29 is 8.42 Å². The molecular formula is C14H18N4O2S. The van der Waals surface area contributed by atoms with Gasteiger partial charge in [0, 0.05) is 24.3 Å². The van der Waals surface area contributed by atoms with E-state index in [2.05, 4.69) is 15.5 Å². The van der Waals surface area contributed by atoms with Crippen LogP contribution in [-0.4, -0.2) is 40.7 Å². The molecule has 0 aliphatic carbocycles. The second-order valence-corrected chi connectivity index (χ2v) is 7.67. The maximum Gasteiger partial charge on any atom is 0.163 e. The molecule has 21 heavy (non-hydrogen) atoms. The van der Waals surface area contributed by atoms with E-state index >= 15 is 0 Å². The Kier molecular flexibility index (Phi) is 3.67. The number of benzene rings is 1. The molecule has 0 bridgehead atoms. The van der Waals surface area contributed by atoms with E-state index in [-0.39, 0.29) is 11.8 Å². The summed E-state index contributed by atoms with van der Waals surface area (Å²) in [7, 11) is -0.988. The van der Waals surface area contributed by atoms with E-state index in [1.165, 1.54) is 0 Å². The lowest BCUT2D eigenvalue weighted by Gasteiger charge is -2.24. The molecule has 1 fully saturated rings. The summed E-state index contributed by atoms with van der Waals surface area (Å²) in [5, 5.41) is 11.2. The van der Waals surface area contributed by atoms with Gasteiger partial charge in [0.1, 0.15) is 6.33 Å². The van der Waals surface area contributed by atoms with Gasteiger partial charge in [-0.25, -0.2) is 8.42 Å². The minimum absolute atomic E-state index is 0.00410. The third-order valence-electron chi connectivity index (χ3n) is 3.69. The maximum absolute atomic E-state index is 11.6. The van der Waals surface area contributed by atoms with E-state index in [0.717, 1.165) is 29.9 Å². The monoisotopic (exact) mass is 306 g/mol. The molecule has 1 unspecified atom stereocenters. The molecule has 0 radical (unpaired) electrons. The Morgan fingerprint density at radius 3 is 2.67 bits per heavy atom. The molecule has 7 heteroatoms. The smallest absolute Gasteiger partial charge is 0.163 e. The van der Waals surface area contributed by atoms with Crippen molar-refractivity contribution in [3.63, 3.8) is 0 Å². The Balaban J connectivity index is 1.72. The van der Waals surface area contributed by atoms with Crippen molar-refractivity contribution in [2.75, 3.05) is 16.8 Å². The first-order valence-electron chi connectivity index (χ1n) is 6.95. The number of anilines is 1. The maximum atomic E-state index is 11.6. The summed E-state index contributed by atoms with van der Waals surface area (Å²) in [4.78, 5) is 0. The van der Waals surface area contributed by atoms with Crippen LogP contribution in [0.25, 0.3) is 11.4 Å². The molecule has 1 atom stereocenters. The fraction of sp³-hybridized carbons (Fsp3) is 0.429. The molecule has 2 heterocycles. The number of rotatable bonds is 3. The van der Waals surface area contributed by atoms with Crippen molar-refractivity contribution in [3.05, 3.63) is 30.6 Å². The Hall–Kier alpha value is -1.89. The number of hydrogen-bond acceptors (Lipinski definition) is 5. The van der Waals surface area contributed by atoms with Gasteiger partial charge in [-0.15, -0.1) is 10.2 Å². The predicted molar refractivity (Wildman–Crippen MR) is 81.7 cm³/mol. The molecule has 0 spiro atoms. The highest BCUT2D eigenvalue weighted by Gasteiger charge is 2.24. The first-order chi connectivity index (χ1) is 10.0. The quantitative estimate of drug-likeness (QED) is 0.929. The molecule has 1 aliphatic rings. The zero-order chi connectivity index (χ0) is 14.9. The Morgan fingerprint density at radius 1 is 1.29 bits per heavy atom. The number of nitrogens with zero attached hydrogens (tertiary/aromatic N) is 3. The summed E-state index contributed by atoms with van der Waals surface area (Å²) in [5.74, 6) is 1.34. The molecule has 3 rings (SSSR count). The van der Waals surface area contributed by atoms with Gasteiger partial charge in [-0.1, -0.05) is 0 Å². The highest BCUT2D eigenvalue weighted by atomic mass is 32.2. The van der Waals surface area contributed by atoms with Crippen LogP contribution in [0.1, 0.15) is 12.8 Å². The number of sulfone groups is 1. The van der Waals surface area contributed by atoms with Crippen molar-refractivity contribution >= 4 is 15.5 Å². The van der Waals surface area contributed by atoms with Gasteiger partial charge in [0.05, 0.1) is 11.5 Å². The van der Waals surface area contributed by atoms with E-state index in [4.69, 9.17) is 0 Å². The van der Waals surface area contributed by atoms with Crippen LogP contribution in [0.15, 0.2) is 30.6 Å². The topological polar surface area (TPSA) is 76.9 Å². The van der Waals surface area contributed by atoms with Crippen LogP contribution in [0.3, 0.4) is 0 Å². The normalized spacial score (nSPS) is 21.1. The van der Waals surface area contributed by atoms with Gasteiger partial charge >= 0.3 is 0 Å². The van der Waals surface area contributed by atoms with Crippen LogP contribution in [0.4, 0.5) is 5.69 Å². The molecule has 0 saturated carbocycles. The van der Waals surface area contributed by atoms with E-state index < -0.39 is 9.84 Å². The predicted octanol–water partition coefficient (Wildman–Crippen LogP) is 1.47. The van der Waals surface area contributed by atoms with Crippen LogP contribution in [0, 0.1) is 0 Å². The third-order valence-corrected chi connectivity index (χ3v) is 5.51. The molecule has 1 aliphatic heterocycles. The van der Waals surface area contributed by atoms with E-state index in [1.807, 2.05) is 35.9 Å². The molecule has 1 aromatic carbocycles. The lowest BCUT2D eigenvalue weighted by molar-refractivity contribution is 0.562. The SMILES string of the molecule is Cn1cnnc1-c1ccc(NC2CCCS(=O)(=O)C2)cc1. The molecule has 1 aromatic heterocycles. The van der Waals surface area contributed by atoms with Crippen LogP contribution in [0.2, 0.25) is 0 Å². The fourth-order valence-corrected chi connectivity index (χ4v) is 4.27. The van der Waals surface area contributed by atoms with Crippen molar-refractivity contribution in [1.82, 2.24) is 14.8 Å². The summed E-state index contributed by atoms with van der Waals surface area (Å²) < 4.78 is 25.1. The molecule has 1 saturated heterocycles. The second-order valence-electron chi connectivity index (χ2n) is 5.44. The lowest BCUT2D eigenvalue weighted by atomic mass is 10.1. The number of nitrogens with one attached hydrogen (secondary N) is 1. The molecule has 2 aromatic rings. The Labute approximate surface area is 124 Å². The average Bonchev–Trinajstić information content (AvgIpc) is 2.85. The van der Waals surface area contributed by atoms with Crippen LogP contribution in [0.5, 0.6) is 0 Å². The van der Waals surface area contributed by atoms with Crippen LogP contribution >= 0.6 is 0 Å². The fourth-order valence-electron chi connectivity index (χ4n) is 2.63. The van der Waals surface area contributed by atoms with Crippen molar-refractivity contribution in [2.45, 2.75) is 18.9 Å². The number of hydrogen-bond donors (Lipinski definition) is 1. The summed E-state index contributed by atoms with van der Waals surface area (Å²) in [6, 6.07) is 7.83. The van der Waals surface area contributed by atoms with Gasteiger partial charge < -0.3 is 9.88 Å². The summed E-state index contributed by atoms with van der Waals surface area (Å²) in [5.41, 5.74) is 1.92. The molecule has 112 valence electrons. The van der Waals surface area contributed by atoms with Crippen LogP contribution < -0.4 is 5.32 Å². The number of aromatic nitrogens is 3. The summed E-state index contributed by atoms with van der Waals surface area (Å²) in [6.07, 6.45) is 3.29. The van der Waals surface area contributed by atoms with Gasteiger partial charge in [-0.2, -0.15) is 0 Å². The minimum atomic E-state index is -2.89. The lowest BCUT2D eigenvalue weighted by Crippen LogP contribution is -2.34. The first-order valence-corrected chi connectivity index (χ1v) is 8.77. The largest absolute Gasteiger partial charge is 0.381 e. The van der Waals surface area contributed by atoms with Gasteiger partial charge in [0.15, 0.2) is 15.7 Å². The van der Waals surface area contributed by atoms with Gasteiger partial charge in [0.25, 0.3) is 0 Å². The second kappa shape index (κ2) is 5.48. The molecule has 6 nitrogen and oxygen atoms in total. The van der Waals surface area contributed by atoms with Crippen LogP contribution in [-0.2, 0) is 16.9 Å². The summed E-state index contributed by atoms with van der Waals surface area (Å²) in [6.45, 7) is 0. The van der Waals surface area contributed by atoms with E-state index in [9.17, 15) is 8.42 Å². The minimum Gasteiger partial charge on any atom is -0.381 e. The van der Waals surface area contributed by atoms with Gasteiger partial charge in [-0.3, -0.25) is 0 Å². The van der Waals surface area contributed by atoms with E-state index in [1.54, 1.807) is 6.33 Å². The molecule has 1 N–H and O–H groups in total. The summed E-state index contributed by atoms with van der Waals surface area (Å²) >= 11 is 0. The van der Waals surface area contributed by atoms with Crippen molar-refractivity contribution in [2.24, 2.45) is 7.05 Å². The highest BCUT2D eigenvalue weighted by Crippen LogP contribution is 2.21. The molecule has 0 amide bonds. The average molecular weight is 306 g/mol. The van der Waals surface area contributed by atoms with E-state index in [0.29, 0.717) is 5.75 Å². The van der Waals surface area contributed by atoms with Gasteiger partial charge in [-0.05, 0) is 37.1 Å². The van der Waals surface area contributed by atoms with Crippen molar-refractivity contribution in [1.29, 1.82) is 0 Å². The first kappa shape index (κ1) is 14.1. The van der Waals surface area contributed by atoms with Crippen molar-refractivity contribution in [3.8, 4) is 11.4 Å². The highest BCUT2D eigenvalue weighted by molar-refractivity contribution is 7.91. The zero-order valence-electron chi connectivity index (χ0n) is 11.9. The number of aryl methyl sites for hydroxylation is 1. The third kappa shape index (κ3) is 3.24. The standard InChI is InChI=1S/C14H18N4O2S/c1-18-10-15-17-14(18)11-4-6-12(7-5-11)16-13-3-2-8-21(19,20)9-13/h4-7,10,13,16H,2-3,8-9H2,1H3. The Bertz CT molecular complexity index is 722.